The highest BCUT2D eigenvalue weighted by Crippen LogP contribution is 2.52. The maximum atomic E-state index is 15.8. The summed E-state index contributed by atoms with van der Waals surface area (Å²) < 4.78 is 31.5. The zero-order valence-corrected chi connectivity index (χ0v) is 25.4. The Morgan fingerprint density at radius 3 is 2.31 bits per heavy atom. The number of carbonyl (C=O) groups is 2. The molecule has 1 aliphatic heterocycles. The topological polar surface area (TPSA) is 85.2 Å². The molecule has 1 aliphatic rings. The van der Waals surface area contributed by atoms with Gasteiger partial charge in [-0.05, 0) is 59.9 Å². The van der Waals surface area contributed by atoms with Gasteiger partial charge in [-0.2, -0.15) is 5.26 Å². The molecule has 0 saturated carbocycles. The van der Waals surface area contributed by atoms with Crippen LogP contribution in [-0.2, 0) is 10.2 Å². The van der Waals surface area contributed by atoms with Gasteiger partial charge in [0.1, 0.15) is 17.0 Å². The highest BCUT2D eigenvalue weighted by molar-refractivity contribution is 6.31. The van der Waals surface area contributed by atoms with Crippen molar-refractivity contribution in [1.29, 1.82) is 5.26 Å². The Morgan fingerprint density at radius 2 is 1.74 bits per heavy atom. The second kappa shape index (κ2) is 12.0. The summed E-state index contributed by atoms with van der Waals surface area (Å²) in [5.74, 6) is -3.47. The van der Waals surface area contributed by atoms with E-state index in [-0.39, 0.29) is 32.5 Å². The minimum atomic E-state index is -1.72. The highest BCUT2D eigenvalue weighted by atomic mass is 35.5. The number of nitrogens with one attached hydrogen (secondary N) is 2. The van der Waals surface area contributed by atoms with Crippen LogP contribution in [0.4, 0.5) is 14.5 Å². The van der Waals surface area contributed by atoms with Crippen molar-refractivity contribution in [1.82, 2.24) is 10.2 Å². The van der Waals surface area contributed by atoms with Crippen LogP contribution in [0, 0.1) is 28.4 Å². The number of carbonyl (C=O) groups excluding carboxylic acids is 2. The Kier molecular flexibility index (Phi) is 8.98. The van der Waals surface area contributed by atoms with Gasteiger partial charge in [0.15, 0.2) is 0 Å². The van der Waals surface area contributed by atoms with Crippen molar-refractivity contribution >= 4 is 40.7 Å². The average molecular weight is 614 g/mol. The molecule has 2 N–H and O–H groups in total. The van der Waals surface area contributed by atoms with Crippen molar-refractivity contribution in [3.8, 4) is 6.07 Å². The maximum Gasteiger partial charge on any atom is 0.253 e. The Balaban J connectivity index is 1.88. The normalized spacial score (nSPS) is 22.0. The lowest BCUT2D eigenvalue weighted by Crippen LogP contribution is -2.45. The van der Waals surface area contributed by atoms with E-state index in [1.165, 1.54) is 35.2 Å². The number of anilines is 1. The van der Waals surface area contributed by atoms with E-state index in [0.717, 1.165) is 6.07 Å². The Labute approximate surface area is 254 Å². The maximum absolute atomic E-state index is 15.8. The van der Waals surface area contributed by atoms with E-state index in [1.807, 2.05) is 20.8 Å². The molecular weight excluding hydrogens is 581 g/mol. The summed E-state index contributed by atoms with van der Waals surface area (Å²) in [6.07, 6.45) is 0.354. The first-order valence-corrected chi connectivity index (χ1v) is 14.1. The summed E-state index contributed by atoms with van der Waals surface area (Å²) in [5.41, 5.74) is -1.25. The number of nitrogens with zero attached hydrogens (tertiary/aromatic N) is 2. The number of hydrogen-bond donors (Lipinski definition) is 2. The molecule has 3 aromatic carbocycles. The molecule has 4 atom stereocenters. The van der Waals surface area contributed by atoms with Crippen molar-refractivity contribution in [3.05, 3.63) is 99.0 Å². The number of nitriles is 1. The van der Waals surface area contributed by atoms with Gasteiger partial charge in [-0.3, -0.25) is 9.59 Å². The molecule has 0 radical (unpaired) electrons. The van der Waals surface area contributed by atoms with Gasteiger partial charge < -0.3 is 15.5 Å². The fourth-order valence-corrected chi connectivity index (χ4v) is 6.07. The molecule has 220 valence electrons. The van der Waals surface area contributed by atoms with Crippen molar-refractivity contribution in [2.45, 2.75) is 50.6 Å². The van der Waals surface area contributed by atoms with Gasteiger partial charge in [-0.15, -0.1) is 0 Å². The van der Waals surface area contributed by atoms with E-state index >= 15 is 8.78 Å². The molecule has 0 bridgehead atoms. The molecule has 1 saturated heterocycles. The molecule has 6 nitrogen and oxygen atoms in total. The van der Waals surface area contributed by atoms with Crippen molar-refractivity contribution in [2.75, 3.05) is 19.4 Å². The zero-order valence-electron chi connectivity index (χ0n) is 23.9. The van der Waals surface area contributed by atoms with Crippen LogP contribution in [0.1, 0.15) is 54.6 Å². The van der Waals surface area contributed by atoms with Crippen LogP contribution in [0.5, 0.6) is 0 Å². The van der Waals surface area contributed by atoms with E-state index < -0.39 is 41.0 Å². The molecule has 0 spiro atoms. The van der Waals surface area contributed by atoms with Crippen LogP contribution in [0.2, 0.25) is 10.0 Å². The van der Waals surface area contributed by atoms with Gasteiger partial charge >= 0.3 is 0 Å². The largest absolute Gasteiger partial charge is 0.345 e. The zero-order chi connectivity index (χ0) is 31.0. The van der Waals surface area contributed by atoms with Gasteiger partial charge in [-0.25, -0.2) is 8.78 Å². The van der Waals surface area contributed by atoms with Gasteiger partial charge in [0.2, 0.25) is 5.91 Å². The summed E-state index contributed by atoms with van der Waals surface area (Å²) >= 11 is 12.3. The summed E-state index contributed by atoms with van der Waals surface area (Å²) in [5, 5.41) is 17.0. The van der Waals surface area contributed by atoms with Crippen molar-refractivity contribution in [3.63, 3.8) is 0 Å². The van der Waals surface area contributed by atoms with Crippen molar-refractivity contribution in [2.24, 2.45) is 5.41 Å². The molecule has 1 heterocycles. The highest BCUT2D eigenvalue weighted by Gasteiger charge is 2.61. The lowest BCUT2D eigenvalue weighted by molar-refractivity contribution is -0.118. The second-order valence-corrected chi connectivity index (χ2v) is 12.8. The predicted octanol–water partition coefficient (Wildman–Crippen LogP) is 6.93. The van der Waals surface area contributed by atoms with E-state index in [9.17, 15) is 14.9 Å². The van der Waals surface area contributed by atoms with Gasteiger partial charge in [0, 0.05) is 47.9 Å². The molecule has 0 aliphatic carbocycles. The molecule has 4 unspecified atom stereocenters. The first-order chi connectivity index (χ1) is 19.7. The number of benzene rings is 3. The predicted molar refractivity (Wildman–Crippen MR) is 161 cm³/mol. The summed E-state index contributed by atoms with van der Waals surface area (Å²) in [6, 6.07) is 15.1. The third-order valence-electron chi connectivity index (χ3n) is 7.54. The lowest BCUT2D eigenvalue weighted by Gasteiger charge is -2.37. The fourth-order valence-electron chi connectivity index (χ4n) is 5.73. The summed E-state index contributed by atoms with van der Waals surface area (Å²) in [4.78, 5) is 27.7. The van der Waals surface area contributed by atoms with Crippen LogP contribution in [-0.4, -0.2) is 42.9 Å². The summed E-state index contributed by atoms with van der Waals surface area (Å²) in [6.45, 7) is 5.90. The summed E-state index contributed by atoms with van der Waals surface area (Å²) in [7, 11) is 3.27. The monoisotopic (exact) mass is 612 g/mol. The standard InChI is InChI=1S/C32H32Cl2F2N4O2/c1-31(2,3)16-25-32(17-37,22-14-11-19(33)15-24(22)35)26(21-7-6-8-23(34)27(21)36)28(39-25)29(41)38-20-12-9-18(10-13-20)30(42)40(4)5/h6-15,25-26,28,39H,16H2,1-5H3,(H,38,41). The molecule has 2 amide bonds. The first kappa shape index (κ1) is 31.4. The van der Waals surface area contributed by atoms with E-state index in [1.54, 1.807) is 38.4 Å². The smallest absolute Gasteiger partial charge is 0.253 e. The third-order valence-corrected chi connectivity index (χ3v) is 8.06. The number of hydrogen-bond acceptors (Lipinski definition) is 4. The Hall–Kier alpha value is -3.51. The number of amides is 2. The molecule has 42 heavy (non-hydrogen) atoms. The number of halogens is 4. The first-order valence-electron chi connectivity index (χ1n) is 13.4. The SMILES string of the molecule is CN(C)C(=O)c1ccc(NC(=O)C2NC(CC(C)(C)C)C(C#N)(c3ccc(Cl)cc3F)C2c2cccc(Cl)c2F)cc1. The molecule has 1 fully saturated rings. The fraction of sp³-hybridized carbons (Fsp3) is 0.344. The van der Waals surface area contributed by atoms with Crippen LogP contribution in [0.3, 0.4) is 0 Å². The van der Waals surface area contributed by atoms with E-state index in [0.29, 0.717) is 17.7 Å². The number of rotatable bonds is 6. The Bertz CT molecular complexity index is 1550. The minimum Gasteiger partial charge on any atom is -0.345 e. The molecule has 10 heteroatoms. The average Bonchev–Trinajstić information content (AvgIpc) is 3.23. The molecular formula is C32H32Cl2F2N4O2. The van der Waals surface area contributed by atoms with Crippen molar-refractivity contribution < 1.29 is 18.4 Å². The molecule has 4 rings (SSSR count). The van der Waals surface area contributed by atoms with E-state index in [4.69, 9.17) is 23.2 Å². The quantitative estimate of drug-likeness (QED) is 0.316. The van der Waals surface area contributed by atoms with E-state index in [2.05, 4.69) is 16.7 Å². The van der Waals surface area contributed by atoms with Gasteiger partial charge in [-0.1, -0.05) is 62.2 Å². The van der Waals surface area contributed by atoms with Gasteiger partial charge in [0.25, 0.3) is 5.91 Å². The van der Waals surface area contributed by atoms with Crippen LogP contribution >= 0.6 is 23.2 Å². The van der Waals surface area contributed by atoms with Crippen LogP contribution < -0.4 is 10.6 Å². The molecule has 0 aromatic heterocycles. The third kappa shape index (κ3) is 6.00. The second-order valence-electron chi connectivity index (χ2n) is 12.0. The van der Waals surface area contributed by atoms with Crippen LogP contribution in [0.15, 0.2) is 60.7 Å². The molecule has 3 aromatic rings. The van der Waals surface area contributed by atoms with Gasteiger partial charge in [0.05, 0.1) is 17.1 Å². The van der Waals surface area contributed by atoms with Crippen LogP contribution in [0.25, 0.3) is 0 Å². The lowest BCUT2D eigenvalue weighted by atomic mass is 9.62. The minimum absolute atomic E-state index is 0.00220. The Morgan fingerprint density at radius 1 is 1.07 bits per heavy atom.